The molecular weight excluding hydrogens is 168 g/mol. The normalized spacial score (nSPS) is 29.1. The highest BCUT2D eigenvalue weighted by atomic mass is 16.7. The van der Waals surface area contributed by atoms with Crippen LogP contribution in [0.1, 0.15) is 32.6 Å². The number of rotatable bonds is 5. The minimum Gasteiger partial charge on any atom is -0.396 e. The Morgan fingerprint density at radius 1 is 1.23 bits per heavy atom. The molecule has 0 spiro atoms. The van der Waals surface area contributed by atoms with Crippen molar-refractivity contribution in [3.63, 3.8) is 0 Å². The van der Waals surface area contributed by atoms with Gasteiger partial charge in [0.25, 0.3) is 0 Å². The van der Waals surface area contributed by atoms with E-state index in [1.807, 2.05) is 6.92 Å². The van der Waals surface area contributed by atoms with E-state index in [0.29, 0.717) is 32.0 Å². The second-order valence-corrected chi connectivity index (χ2v) is 3.60. The Kier molecular flexibility index (Phi) is 5.35. The average molecular weight is 188 g/mol. The number of ether oxygens (including phenoxy) is 2. The highest BCUT2D eigenvalue weighted by Crippen LogP contribution is 2.25. The third-order valence-corrected chi connectivity index (χ3v) is 2.64. The zero-order valence-corrected chi connectivity index (χ0v) is 8.37. The van der Waals surface area contributed by atoms with Crippen LogP contribution in [0.25, 0.3) is 0 Å². The standard InChI is InChI=1S/C10H20O3/c1-2-12-8-13-10-5-3-9(7-11)4-6-10/h9-11H,2-8H2,1H3. The van der Waals surface area contributed by atoms with Crippen LogP contribution in [0.2, 0.25) is 0 Å². The molecule has 0 atom stereocenters. The van der Waals surface area contributed by atoms with E-state index in [1.54, 1.807) is 0 Å². The van der Waals surface area contributed by atoms with E-state index >= 15 is 0 Å². The summed E-state index contributed by atoms with van der Waals surface area (Å²) in [6, 6.07) is 0. The molecule has 0 unspecified atom stereocenters. The van der Waals surface area contributed by atoms with E-state index in [4.69, 9.17) is 14.6 Å². The maximum atomic E-state index is 8.93. The lowest BCUT2D eigenvalue weighted by atomic mass is 9.88. The predicted molar refractivity (Wildman–Crippen MR) is 50.4 cm³/mol. The van der Waals surface area contributed by atoms with Gasteiger partial charge in [-0.1, -0.05) is 0 Å². The van der Waals surface area contributed by atoms with Crippen molar-refractivity contribution in [2.24, 2.45) is 5.92 Å². The van der Waals surface area contributed by atoms with Crippen molar-refractivity contribution >= 4 is 0 Å². The van der Waals surface area contributed by atoms with Gasteiger partial charge in [0.2, 0.25) is 0 Å². The first kappa shape index (κ1) is 11.0. The molecule has 1 rings (SSSR count). The van der Waals surface area contributed by atoms with Gasteiger partial charge in [0.1, 0.15) is 6.79 Å². The van der Waals surface area contributed by atoms with Crippen LogP contribution in [0.3, 0.4) is 0 Å². The topological polar surface area (TPSA) is 38.7 Å². The van der Waals surface area contributed by atoms with E-state index in [0.717, 1.165) is 25.7 Å². The number of hydrogen-bond donors (Lipinski definition) is 1. The summed E-state index contributed by atoms with van der Waals surface area (Å²) in [6.45, 7) is 3.43. The van der Waals surface area contributed by atoms with Crippen molar-refractivity contribution in [2.45, 2.75) is 38.7 Å². The first-order valence-electron chi connectivity index (χ1n) is 5.17. The summed E-state index contributed by atoms with van der Waals surface area (Å²) in [6.07, 6.45) is 4.67. The van der Waals surface area contributed by atoms with Crippen LogP contribution in [0.4, 0.5) is 0 Å². The van der Waals surface area contributed by atoms with Gasteiger partial charge in [-0.3, -0.25) is 0 Å². The fourth-order valence-electron chi connectivity index (χ4n) is 1.71. The third-order valence-electron chi connectivity index (χ3n) is 2.64. The highest BCUT2D eigenvalue weighted by Gasteiger charge is 2.20. The molecule has 1 saturated carbocycles. The lowest BCUT2D eigenvalue weighted by molar-refractivity contribution is -0.0996. The average Bonchev–Trinajstić information content (AvgIpc) is 2.19. The Labute approximate surface area is 80.0 Å². The molecule has 1 fully saturated rings. The van der Waals surface area contributed by atoms with Crippen LogP contribution >= 0.6 is 0 Å². The lowest BCUT2D eigenvalue weighted by Crippen LogP contribution is -2.24. The van der Waals surface area contributed by atoms with Crippen molar-refractivity contribution in [2.75, 3.05) is 20.0 Å². The minimum absolute atomic E-state index is 0.332. The summed E-state index contributed by atoms with van der Waals surface area (Å²) >= 11 is 0. The summed E-state index contributed by atoms with van der Waals surface area (Å²) in [5, 5.41) is 8.93. The van der Waals surface area contributed by atoms with Gasteiger partial charge in [-0.2, -0.15) is 0 Å². The predicted octanol–water partition coefficient (Wildman–Crippen LogP) is 1.55. The van der Waals surface area contributed by atoms with Crippen LogP contribution in [-0.2, 0) is 9.47 Å². The largest absolute Gasteiger partial charge is 0.396 e. The van der Waals surface area contributed by atoms with Crippen molar-refractivity contribution in [3.05, 3.63) is 0 Å². The molecule has 0 radical (unpaired) electrons. The Bertz CT molecular complexity index is 117. The van der Waals surface area contributed by atoms with Crippen LogP contribution in [0.5, 0.6) is 0 Å². The van der Waals surface area contributed by atoms with E-state index in [-0.39, 0.29) is 0 Å². The minimum atomic E-state index is 0.332. The van der Waals surface area contributed by atoms with Gasteiger partial charge in [-0.25, -0.2) is 0 Å². The first-order valence-corrected chi connectivity index (χ1v) is 5.17. The molecule has 3 heteroatoms. The van der Waals surface area contributed by atoms with Gasteiger partial charge < -0.3 is 14.6 Å². The molecule has 0 aromatic rings. The zero-order valence-electron chi connectivity index (χ0n) is 8.37. The Morgan fingerprint density at radius 2 is 1.92 bits per heavy atom. The second kappa shape index (κ2) is 6.35. The van der Waals surface area contributed by atoms with Gasteiger partial charge in [-0.05, 0) is 38.5 Å². The van der Waals surface area contributed by atoms with Crippen LogP contribution in [-0.4, -0.2) is 31.2 Å². The number of hydrogen-bond acceptors (Lipinski definition) is 3. The molecule has 0 heterocycles. The van der Waals surface area contributed by atoms with E-state index < -0.39 is 0 Å². The van der Waals surface area contributed by atoms with Crippen LogP contribution < -0.4 is 0 Å². The molecule has 1 N–H and O–H groups in total. The van der Waals surface area contributed by atoms with Gasteiger partial charge in [0, 0.05) is 13.2 Å². The van der Waals surface area contributed by atoms with E-state index in [2.05, 4.69) is 0 Å². The Balaban J connectivity index is 2.03. The van der Waals surface area contributed by atoms with Crippen LogP contribution in [0.15, 0.2) is 0 Å². The molecule has 0 bridgehead atoms. The summed E-state index contributed by atoms with van der Waals surface area (Å²) in [4.78, 5) is 0. The molecular formula is C10H20O3. The maximum Gasteiger partial charge on any atom is 0.147 e. The van der Waals surface area contributed by atoms with Gasteiger partial charge in [0.15, 0.2) is 0 Å². The number of aliphatic hydroxyl groups excluding tert-OH is 1. The molecule has 0 aromatic carbocycles. The van der Waals surface area contributed by atoms with Gasteiger partial charge >= 0.3 is 0 Å². The molecule has 78 valence electrons. The van der Waals surface area contributed by atoms with E-state index in [9.17, 15) is 0 Å². The quantitative estimate of drug-likeness (QED) is 0.525. The monoisotopic (exact) mass is 188 g/mol. The molecule has 3 nitrogen and oxygen atoms in total. The fourth-order valence-corrected chi connectivity index (χ4v) is 1.71. The van der Waals surface area contributed by atoms with Gasteiger partial charge in [0.05, 0.1) is 6.10 Å². The third kappa shape index (κ3) is 4.07. The molecule has 1 aliphatic rings. The smallest absolute Gasteiger partial charge is 0.147 e. The van der Waals surface area contributed by atoms with Crippen molar-refractivity contribution in [1.29, 1.82) is 0 Å². The maximum absolute atomic E-state index is 8.93. The lowest BCUT2D eigenvalue weighted by Gasteiger charge is -2.27. The molecule has 13 heavy (non-hydrogen) atoms. The van der Waals surface area contributed by atoms with E-state index in [1.165, 1.54) is 0 Å². The Morgan fingerprint density at radius 3 is 2.46 bits per heavy atom. The SMILES string of the molecule is CCOCOC1CCC(CO)CC1. The molecule has 1 aliphatic carbocycles. The number of aliphatic hydroxyl groups is 1. The first-order chi connectivity index (χ1) is 6.36. The molecule has 0 aromatic heterocycles. The zero-order chi connectivity index (χ0) is 9.52. The van der Waals surface area contributed by atoms with Crippen molar-refractivity contribution in [3.8, 4) is 0 Å². The van der Waals surface area contributed by atoms with Crippen LogP contribution in [0, 0.1) is 5.92 Å². The van der Waals surface area contributed by atoms with Crippen molar-refractivity contribution < 1.29 is 14.6 Å². The Hall–Kier alpha value is -0.120. The fraction of sp³-hybridized carbons (Fsp3) is 1.00. The summed E-state index contributed by atoms with van der Waals surface area (Å²) in [5.41, 5.74) is 0. The molecule has 0 saturated heterocycles. The summed E-state index contributed by atoms with van der Waals surface area (Å²) in [7, 11) is 0. The van der Waals surface area contributed by atoms with Gasteiger partial charge in [-0.15, -0.1) is 0 Å². The summed E-state index contributed by atoms with van der Waals surface area (Å²) in [5.74, 6) is 0.506. The second-order valence-electron chi connectivity index (χ2n) is 3.60. The summed E-state index contributed by atoms with van der Waals surface area (Å²) < 4.78 is 10.6. The molecule has 0 amide bonds. The highest BCUT2D eigenvalue weighted by molar-refractivity contribution is 4.71. The molecule has 0 aliphatic heterocycles. The van der Waals surface area contributed by atoms with Crippen molar-refractivity contribution in [1.82, 2.24) is 0 Å².